The van der Waals surface area contributed by atoms with E-state index in [0.717, 1.165) is 11.1 Å². The molecule has 4 aromatic rings. The lowest BCUT2D eigenvalue weighted by molar-refractivity contribution is -0.121. The van der Waals surface area contributed by atoms with Gasteiger partial charge >= 0.3 is 5.76 Å². The standard InChI is InChI=1S/C21H18N4O3/c26-19(14-25-17-8-4-5-9-18(17)28-21(25)27)22-11-10-15-12-23-20(24-13-15)16-6-2-1-3-7-16/h1-9,12-13H,10-11,14H2,(H,22,26). The maximum absolute atomic E-state index is 12.2. The van der Waals surface area contributed by atoms with Crippen molar-refractivity contribution in [3.05, 3.63) is 83.1 Å². The van der Waals surface area contributed by atoms with Crippen molar-refractivity contribution in [2.45, 2.75) is 13.0 Å². The highest BCUT2D eigenvalue weighted by molar-refractivity contribution is 5.79. The third-order valence-corrected chi connectivity index (χ3v) is 4.35. The number of hydrogen-bond acceptors (Lipinski definition) is 5. The molecular formula is C21H18N4O3. The third-order valence-electron chi connectivity index (χ3n) is 4.35. The molecule has 0 atom stereocenters. The highest BCUT2D eigenvalue weighted by atomic mass is 16.4. The zero-order chi connectivity index (χ0) is 19.3. The van der Waals surface area contributed by atoms with Gasteiger partial charge in [-0.25, -0.2) is 14.8 Å². The number of oxazole rings is 1. The van der Waals surface area contributed by atoms with Crippen LogP contribution in [-0.4, -0.2) is 27.0 Å². The number of aromatic nitrogens is 3. The van der Waals surface area contributed by atoms with E-state index in [9.17, 15) is 9.59 Å². The molecular weight excluding hydrogens is 356 g/mol. The summed E-state index contributed by atoms with van der Waals surface area (Å²) in [4.78, 5) is 32.9. The van der Waals surface area contributed by atoms with Gasteiger partial charge in [0.15, 0.2) is 11.4 Å². The largest absolute Gasteiger partial charge is 0.420 e. The molecule has 2 aromatic carbocycles. The van der Waals surface area contributed by atoms with Gasteiger partial charge < -0.3 is 9.73 Å². The van der Waals surface area contributed by atoms with Crippen molar-refractivity contribution in [2.24, 2.45) is 0 Å². The molecule has 0 fully saturated rings. The molecule has 7 nitrogen and oxygen atoms in total. The molecule has 7 heteroatoms. The summed E-state index contributed by atoms with van der Waals surface area (Å²) in [5, 5.41) is 2.81. The molecule has 0 unspecified atom stereocenters. The summed E-state index contributed by atoms with van der Waals surface area (Å²) >= 11 is 0. The smallest absolute Gasteiger partial charge is 0.408 e. The van der Waals surface area contributed by atoms with Crippen LogP contribution < -0.4 is 11.1 Å². The maximum Gasteiger partial charge on any atom is 0.420 e. The zero-order valence-electron chi connectivity index (χ0n) is 15.0. The van der Waals surface area contributed by atoms with Crippen molar-refractivity contribution >= 4 is 17.0 Å². The average molecular weight is 374 g/mol. The van der Waals surface area contributed by atoms with E-state index >= 15 is 0 Å². The number of carbonyl (C=O) groups excluding carboxylic acids is 1. The molecule has 0 aliphatic rings. The Bertz CT molecular complexity index is 1150. The predicted octanol–water partition coefficient (Wildman–Crippen LogP) is 2.41. The second-order valence-corrected chi connectivity index (χ2v) is 6.30. The quantitative estimate of drug-likeness (QED) is 0.560. The lowest BCUT2D eigenvalue weighted by atomic mass is 10.2. The minimum absolute atomic E-state index is 0.0840. The van der Waals surface area contributed by atoms with Crippen molar-refractivity contribution in [1.29, 1.82) is 0 Å². The van der Waals surface area contributed by atoms with E-state index in [1.165, 1.54) is 4.57 Å². The van der Waals surface area contributed by atoms with Crippen molar-refractivity contribution in [3.63, 3.8) is 0 Å². The van der Waals surface area contributed by atoms with E-state index in [1.54, 1.807) is 36.7 Å². The molecule has 0 radical (unpaired) electrons. The van der Waals surface area contributed by atoms with Crippen LogP contribution in [0.15, 0.2) is 76.2 Å². The monoisotopic (exact) mass is 374 g/mol. The molecule has 140 valence electrons. The first-order chi connectivity index (χ1) is 13.7. The second-order valence-electron chi connectivity index (χ2n) is 6.30. The van der Waals surface area contributed by atoms with Crippen molar-refractivity contribution < 1.29 is 9.21 Å². The molecule has 0 saturated carbocycles. The first-order valence-corrected chi connectivity index (χ1v) is 8.92. The molecule has 0 aliphatic heterocycles. The highest BCUT2D eigenvalue weighted by Gasteiger charge is 2.12. The third kappa shape index (κ3) is 3.83. The lowest BCUT2D eigenvalue weighted by Gasteiger charge is -2.06. The molecule has 1 N–H and O–H groups in total. The van der Waals surface area contributed by atoms with Crippen molar-refractivity contribution in [2.75, 3.05) is 6.54 Å². The van der Waals surface area contributed by atoms with Gasteiger partial charge in [0.2, 0.25) is 5.91 Å². The van der Waals surface area contributed by atoms with Gasteiger partial charge in [-0.3, -0.25) is 9.36 Å². The predicted molar refractivity (Wildman–Crippen MR) is 105 cm³/mol. The van der Waals surface area contributed by atoms with Crippen LogP contribution in [0.25, 0.3) is 22.5 Å². The van der Waals surface area contributed by atoms with Gasteiger partial charge in [-0.1, -0.05) is 42.5 Å². The summed E-state index contributed by atoms with van der Waals surface area (Å²) in [7, 11) is 0. The van der Waals surface area contributed by atoms with E-state index in [-0.39, 0.29) is 12.5 Å². The van der Waals surface area contributed by atoms with Gasteiger partial charge in [-0.2, -0.15) is 0 Å². The Labute approximate surface area is 160 Å². The summed E-state index contributed by atoms with van der Waals surface area (Å²) in [5.74, 6) is -0.128. The fourth-order valence-electron chi connectivity index (χ4n) is 2.93. The number of hydrogen-bond donors (Lipinski definition) is 1. The molecule has 28 heavy (non-hydrogen) atoms. The normalized spacial score (nSPS) is 10.9. The van der Waals surface area contributed by atoms with E-state index < -0.39 is 5.76 Å². The SMILES string of the molecule is O=C(Cn1c(=O)oc2ccccc21)NCCc1cnc(-c2ccccc2)nc1. The number of para-hydroxylation sites is 2. The Balaban J connectivity index is 1.33. The Kier molecular flexibility index (Phi) is 4.97. The number of rotatable bonds is 6. The van der Waals surface area contributed by atoms with Crippen LogP contribution in [0.1, 0.15) is 5.56 Å². The number of nitrogens with zero attached hydrogens (tertiary/aromatic N) is 3. The summed E-state index contributed by atoms with van der Waals surface area (Å²) < 4.78 is 6.45. The van der Waals surface area contributed by atoms with Gasteiger partial charge in [0.25, 0.3) is 0 Å². The van der Waals surface area contributed by atoms with Gasteiger partial charge in [0.1, 0.15) is 6.54 Å². The average Bonchev–Trinajstić information content (AvgIpc) is 3.04. The fourth-order valence-corrected chi connectivity index (χ4v) is 2.93. The summed E-state index contributed by atoms with van der Waals surface area (Å²) in [6.07, 6.45) is 4.12. The van der Waals surface area contributed by atoms with E-state index in [2.05, 4.69) is 15.3 Å². The summed E-state index contributed by atoms with van der Waals surface area (Å²) in [5.41, 5.74) is 2.95. The van der Waals surface area contributed by atoms with Crippen molar-refractivity contribution in [1.82, 2.24) is 19.9 Å². The van der Waals surface area contributed by atoms with Crippen LogP contribution in [0.2, 0.25) is 0 Å². The number of nitrogens with one attached hydrogen (secondary N) is 1. The molecule has 4 rings (SSSR count). The van der Waals surface area contributed by atoms with Gasteiger partial charge in [0.05, 0.1) is 5.52 Å². The molecule has 0 saturated heterocycles. The van der Waals surface area contributed by atoms with Crippen molar-refractivity contribution in [3.8, 4) is 11.4 Å². The fraction of sp³-hybridized carbons (Fsp3) is 0.143. The van der Waals surface area contributed by atoms with Gasteiger partial charge in [0, 0.05) is 24.5 Å². The van der Waals surface area contributed by atoms with Crippen LogP contribution in [0, 0.1) is 0 Å². The molecule has 0 aliphatic carbocycles. The van der Waals surface area contributed by atoms with Crippen LogP contribution in [0.4, 0.5) is 0 Å². The summed E-state index contributed by atoms with van der Waals surface area (Å²) in [6.45, 7) is 0.344. The Morgan fingerprint density at radius 3 is 2.50 bits per heavy atom. The highest BCUT2D eigenvalue weighted by Crippen LogP contribution is 2.13. The minimum atomic E-state index is -0.541. The first-order valence-electron chi connectivity index (χ1n) is 8.92. The molecule has 2 heterocycles. The number of fused-ring (bicyclic) bond motifs is 1. The first kappa shape index (κ1) is 17.7. The Morgan fingerprint density at radius 1 is 1.00 bits per heavy atom. The van der Waals surface area contributed by atoms with E-state index in [0.29, 0.717) is 29.9 Å². The molecule has 2 aromatic heterocycles. The molecule has 1 amide bonds. The van der Waals surface area contributed by atoms with Crippen LogP contribution in [0.5, 0.6) is 0 Å². The van der Waals surface area contributed by atoms with Crippen LogP contribution >= 0.6 is 0 Å². The molecule has 0 bridgehead atoms. The van der Waals surface area contributed by atoms with Gasteiger partial charge in [-0.05, 0) is 24.1 Å². The molecule has 0 spiro atoms. The van der Waals surface area contributed by atoms with Gasteiger partial charge in [-0.15, -0.1) is 0 Å². The zero-order valence-corrected chi connectivity index (χ0v) is 15.0. The Hall–Kier alpha value is -3.74. The minimum Gasteiger partial charge on any atom is -0.408 e. The van der Waals surface area contributed by atoms with E-state index in [1.807, 2.05) is 30.3 Å². The van der Waals surface area contributed by atoms with Crippen LogP contribution in [-0.2, 0) is 17.8 Å². The topological polar surface area (TPSA) is 90.0 Å². The Morgan fingerprint density at radius 2 is 1.71 bits per heavy atom. The summed E-state index contributed by atoms with van der Waals surface area (Å²) in [6, 6.07) is 16.8. The maximum atomic E-state index is 12.2. The number of benzene rings is 2. The lowest BCUT2D eigenvalue weighted by Crippen LogP contribution is -2.32. The van der Waals surface area contributed by atoms with E-state index in [4.69, 9.17) is 4.42 Å². The second kappa shape index (κ2) is 7.87. The number of amides is 1. The number of carbonyl (C=O) groups is 1. The van der Waals surface area contributed by atoms with Crippen LogP contribution in [0.3, 0.4) is 0 Å².